The van der Waals surface area contributed by atoms with Gasteiger partial charge >= 0.3 is 0 Å². The number of anilines is 1. The van der Waals surface area contributed by atoms with Gasteiger partial charge in [0.25, 0.3) is 0 Å². The number of benzene rings is 2. The van der Waals surface area contributed by atoms with Crippen molar-refractivity contribution >= 4 is 17.6 Å². The SMILES string of the molecule is C=CCOc1ccccc1CNC(=NC)NCc1ccc(NC(=O)C(C)C)cc1. The number of carbonyl (C=O) groups is 1. The second-order valence-electron chi connectivity index (χ2n) is 6.83. The predicted octanol–water partition coefficient (Wildman–Crippen LogP) is 3.71. The van der Waals surface area contributed by atoms with E-state index in [0.29, 0.717) is 25.7 Å². The van der Waals surface area contributed by atoms with Gasteiger partial charge in [-0.15, -0.1) is 0 Å². The average Bonchev–Trinajstić information content (AvgIpc) is 2.74. The van der Waals surface area contributed by atoms with Gasteiger partial charge in [-0.1, -0.05) is 56.8 Å². The molecule has 0 saturated heterocycles. The largest absolute Gasteiger partial charge is 0.489 e. The Hall–Kier alpha value is -3.28. The van der Waals surface area contributed by atoms with E-state index in [2.05, 4.69) is 27.5 Å². The highest BCUT2D eigenvalue weighted by molar-refractivity contribution is 5.92. The number of carbonyl (C=O) groups excluding carboxylic acids is 1. The van der Waals surface area contributed by atoms with Crippen molar-refractivity contribution in [2.75, 3.05) is 19.0 Å². The highest BCUT2D eigenvalue weighted by Gasteiger charge is 2.07. The van der Waals surface area contributed by atoms with Crippen molar-refractivity contribution in [1.82, 2.24) is 10.6 Å². The maximum Gasteiger partial charge on any atom is 0.226 e. The van der Waals surface area contributed by atoms with E-state index in [-0.39, 0.29) is 11.8 Å². The summed E-state index contributed by atoms with van der Waals surface area (Å²) in [6.07, 6.45) is 1.73. The first-order valence-corrected chi connectivity index (χ1v) is 9.69. The lowest BCUT2D eigenvalue weighted by Gasteiger charge is -2.14. The van der Waals surface area contributed by atoms with Crippen LogP contribution in [0.25, 0.3) is 0 Å². The van der Waals surface area contributed by atoms with E-state index < -0.39 is 0 Å². The maximum atomic E-state index is 11.8. The number of hydrogen-bond acceptors (Lipinski definition) is 3. The summed E-state index contributed by atoms with van der Waals surface area (Å²) in [5.41, 5.74) is 2.93. The number of ether oxygens (including phenoxy) is 1. The zero-order chi connectivity index (χ0) is 21.1. The van der Waals surface area contributed by atoms with Crippen molar-refractivity contribution in [3.63, 3.8) is 0 Å². The van der Waals surface area contributed by atoms with Crippen molar-refractivity contribution in [3.05, 3.63) is 72.3 Å². The summed E-state index contributed by atoms with van der Waals surface area (Å²) in [5, 5.41) is 9.48. The summed E-state index contributed by atoms with van der Waals surface area (Å²) >= 11 is 0. The molecule has 0 spiro atoms. The zero-order valence-electron chi connectivity index (χ0n) is 17.4. The number of para-hydroxylation sites is 1. The summed E-state index contributed by atoms with van der Waals surface area (Å²) in [7, 11) is 1.74. The van der Waals surface area contributed by atoms with E-state index in [9.17, 15) is 4.79 Å². The molecule has 0 heterocycles. The molecule has 0 fully saturated rings. The standard InChI is InChI=1S/C23H30N4O2/c1-5-14-29-21-9-7-6-8-19(21)16-26-23(24-4)25-15-18-10-12-20(13-11-18)27-22(28)17(2)3/h5-13,17H,1,14-16H2,2-4H3,(H,27,28)(H2,24,25,26). The second-order valence-corrected chi connectivity index (χ2v) is 6.83. The van der Waals surface area contributed by atoms with Crippen molar-refractivity contribution in [3.8, 4) is 5.75 Å². The predicted molar refractivity (Wildman–Crippen MR) is 119 cm³/mol. The van der Waals surface area contributed by atoms with E-state index in [1.807, 2.05) is 62.4 Å². The van der Waals surface area contributed by atoms with Crippen LogP contribution in [-0.4, -0.2) is 25.5 Å². The first-order chi connectivity index (χ1) is 14.0. The van der Waals surface area contributed by atoms with Crippen LogP contribution in [0.1, 0.15) is 25.0 Å². The summed E-state index contributed by atoms with van der Waals surface area (Å²) in [5.74, 6) is 1.49. The second kappa shape index (κ2) is 11.5. The molecule has 3 N–H and O–H groups in total. The molecular weight excluding hydrogens is 364 g/mol. The molecule has 2 aromatic carbocycles. The number of amides is 1. The molecule has 0 aromatic heterocycles. The Morgan fingerprint density at radius 1 is 1.10 bits per heavy atom. The number of rotatable bonds is 9. The number of nitrogens with zero attached hydrogens (tertiary/aromatic N) is 1. The Kier molecular flexibility index (Phi) is 8.76. The van der Waals surface area contributed by atoms with Gasteiger partial charge in [-0.05, 0) is 23.8 Å². The molecule has 154 valence electrons. The summed E-state index contributed by atoms with van der Waals surface area (Å²) in [6.45, 7) is 9.10. The van der Waals surface area contributed by atoms with E-state index in [1.54, 1.807) is 13.1 Å². The maximum absolute atomic E-state index is 11.8. The Labute approximate surface area is 173 Å². The Morgan fingerprint density at radius 3 is 2.45 bits per heavy atom. The van der Waals surface area contributed by atoms with Crippen LogP contribution in [0.4, 0.5) is 5.69 Å². The van der Waals surface area contributed by atoms with Gasteiger partial charge < -0.3 is 20.7 Å². The molecule has 1 amide bonds. The third-order valence-corrected chi connectivity index (χ3v) is 4.20. The fraction of sp³-hybridized carbons (Fsp3) is 0.304. The van der Waals surface area contributed by atoms with Crippen molar-refractivity contribution < 1.29 is 9.53 Å². The van der Waals surface area contributed by atoms with Gasteiger partial charge in [-0.25, -0.2) is 0 Å². The smallest absolute Gasteiger partial charge is 0.226 e. The molecule has 6 nitrogen and oxygen atoms in total. The lowest BCUT2D eigenvalue weighted by atomic mass is 10.1. The van der Waals surface area contributed by atoms with E-state index >= 15 is 0 Å². The normalized spacial score (nSPS) is 11.1. The third kappa shape index (κ3) is 7.33. The van der Waals surface area contributed by atoms with Crippen LogP contribution in [0.5, 0.6) is 5.75 Å². The summed E-state index contributed by atoms with van der Waals surface area (Å²) in [4.78, 5) is 16.0. The molecule has 0 aliphatic carbocycles. The van der Waals surface area contributed by atoms with Gasteiger partial charge in [-0.3, -0.25) is 9.79 Å². The Balaban J connectivity index is 1.86. The van der Waals surface area contributed by atoms with Crippen LogP contribution in [-0.2, 0) is 17.9 Å². The number of aliphatic imine (C=N–C) groups is 1. The molecule has 0 saturated carbocycles. The summed E-state index contributed by atoms with van der Waals surface area (Å²) < 4.78 is 5.69. The van der Waals surface area contributed by atoms with Gasteiger partial charge in [0.15, 0.2) is 5.96 Å². The Morgan fingerprint density at radius 2 is 1.79 bits per heavy atom. The third-order valence-electron chi connectivity index (χ3n) is 4.20. The van der Waals surface area contributed by atoms with Crippen molar-refractivity contribution in [2.24, 2.45) is 10.9 Å². The van der Waals surface area contributed by atoms with Gasteiger partial charge in [0.2, 0.25) is 5.91 Å². The van der Waals surface area contributed by atoms with Crippen LogP contribution in [0.2, 0.25) is 0 Å². The quantitative estimate of drug-likeness (QED) is 0.344. The molecule has 0 aliphatic heterocycles. The van der Waals surface area contributed by atoms with Crippen LogP contribution < -0.4 is 20.7 Å². The number of hydrogen-bond donors (Lipinski definition) is 3. The molecule has 0 unspecified atom stereocenters. The van der Waals surface area contributed by atoms with Crippen LogP contribution >= 0.6 is 0 Å². The fourth-order valence-corrected chi connectivity index (χ4v) is 2.52. The molecule has 0 bridgehead atoms. The molecule has 6 heteroatoms. The molecule has 2 rings (SSSR count). The lowest BCUT2D eigenvalue weighted by Crippen LogP contribution is -2.36. The summed E-state index contributed by atoms with van der Waals surface area (Å²) in [6, 6.07) is 15.7. The van der Waals surface area contributed by atoms with Gasteiger partial charge in [-0.2, -0.15) is 0 Å². The van der Waals surface area contributed by atoms with Gasteiger partial charge in [0.1, 0.15) is 12.4 Å². The first kappa shape index (κ1) is 22.0. The fourth-order valence-electron chi connectivity index (χ4n) is 2.52. The highest BCUT2D eigenvalue weighted by atomic mass is 16.5. The lowest BCUT2D eigenvalue weighted by molar-refractivity contribution is -0.118. The van der Waals surface area contributed by atoms with Crippen molar-refractivity contribution in [1.29, 1.82) is 0 Å². The molecule has 0 radical (unpaired) electrons. The molecule has 29 heavy (non-hydrogen) atoms. The Bertz CT molecular complexity index is 829. The molecule has 0 aliphatic rings. The average molecular weight is 395 g/mol. The van der Waals surface area contributed by atoms with E-state index in [1.165, 1.54) is 0 Å². The van der Waals surface area contributed by atoms with Crippen LogP contribution in [0.3, 0.4) is 0 Å². The van der Waals surface area contributed by atoms with Crippen LogP contribution in [0.15, 0.2) is 66.2 Å². The zero-order valence-corrected chi connectivity index (χ0v) is 17.4. The van der Waals surface area contributed by atoms with Crippen molar-refractivity contribution in [2.45, 2.75) is 26.9 Å². The molecule has 0 atom stereocenters. The van der Waals surface area contributed by atoms with E-state index in [4.69, 9.17) is 4.74 Å². The minimum Gasteiger partial charge on any atom is -0.489 e. The van der Waals surface area contributed by atoms with Gasteiger partial charge in [0, 0.05) is 37.3 Å². The monoisotopic (exact) mass is 394 g/mol. The van der Waals surface area contributed by atoms with Crippen LogP contribution in [0, 0.1) is 5.92 Å². The minimum atomic E-state index is -0.0435. The minimum absolute atomic E-state index is 0.0119. The number of nitrogens with one attached hydrogen (secondary N) is 3. The topological polar surface area (TPSA) is 74.8 Å². The first-order valence-electron chi connectivity index (χ1n) is 9.69. The van der Waals surface area contributed by atoms with Gasteiger partial charge in [0.05, 0.1) is 0 Å². The molecule has 2 aromatic rings. The molecular formula is C23H30N4O2. The highest BCUT2D eigenvalue weighted by Crippen LogP contribution is 2.17. The van der Waals surface area contributed by atoms with E-state index in [0.717, 1.165) is 22.6 Å². The number of guanidine groups is 1.